The Balaban J connectivity index is 2.96. The number of hydrogen-bond donors (Lipinski definition) is 0. The van der Waals surface area contributed by atoms with Gasteiger partial charge < -0.3 is 4.74 Å². The number of carbonyl (C=O) groups excluding carboxylic acids is 1. The largest absolute Gasteiger partial charge is 0.494 e. The number of carbonyl (C=O) groups is 1. The Morgan fingerprint density at radius 3 is 2.87 bits per heavy atom. The predicted molar refractivity (Wildman–Crippen MR) is 72.8 cm³/mol. The van der Waals surface area contributed by atoms with Crippen molar-refractivity contribution < 1.29 is 9.53 Å². The quantitative estimate of drug-likeness (QED) is 0.577. The summed E-state index contributed by atoms with van der Waals surface area (Å²) < 4.78 is 6.57. The smallest absolute Gasteiger partial charge is 0.147 e. The molecule has 0 aliphatic rings. The van der Waals surface area contributed by atoms with E-state index in [0.29, 0.717) is 18.4 Å². The zero-order valence-electron chi connectivity index (χ0n) is 8.43. The number of Topliss-reactive ketones (excluding diaryl/α,β-unsaturated/α-hetero) is 1. The summed E-state index contributed by atoms with van der Waals surface area (Å²) in [5.74, 6) is 0.985. The van der Waals surface area contributed by atoms with Crippen LogP contribution in [-0.4, -0.2) is 17.7 Å². The van der Waals surface area contributed by atoms with Crippen molar-refractivity contribution in [2.45, 2.75) is 13.3 Å². The van der Waals surface area contributed by atoms with Crippen molar-refractivity contribution in [1.29, 1.82) is 0 Å². The van der Waals surface area contributed by atoms with Crippen molar-refractivity contribution in [2.75, 3.05) is 11.9 Å². The summed E-state index contributed by atoms with van der Waals surface area (Å²) in [6.45, 7) is 2.56. The van der Waals surface area contributed by atoms with Gasteiger partial charge in [-0.25, -0.2) is 0 Å². The van der Waals surface area contributed by atoms with Crippen molar-refractivity contribution in [3.63, 3.8) is 0 Å². The molecule has 0 aliphatic carbocycles. The Labute approximate surface area is 112 Å². The van der Waals surface area contributed by atoms with Crippen molar-refractivity contribution in [1.82, 2.24) is 0 Å². The second-order valence-electron chi connectivity index (χ2n) is 3.00. The highest BCUT2D eigenvalue weighted by Crippen LogP contribution is 2.24. The Morgan fingerprint density at radius 2 is 2.27 bits per heavy atom. The van der Waals surface area contributed by atoms with Gasteiger partial charge in [-0.05, 0) is 41.6 Å². The van der Waals surface area contributed by atoms with Gasteiger partial charge in [0.2, 0.25) is 0 Å². The molecular formula is C11H12BrIO2. The van der Waals surface area contributed by atoms with Crippen LogP contribution in [0.15, 0.2) is 18.2 Å². The molecule has 0 spiro atoms. The van der Waals surface area contributed by atoms with E-state index >= 15 is 0 Å². The standard InChI is InChI=1S/C11H12BrIO2/c1-2-15-11-5-3-4-10(13)9(11)6-8(14)7-12/h3-5H,2,6-7H2,1H3. The molecule has 0 radical (unpaired) electrons. The first kappa shape index (κ1) is 13.0. The first-order valence-corrected chi connectivity index (χ1v) is 6.87. The molecular weight excluding hydrogens is 371 g/mol. The number of rotatable bonds is 5. The van der Waals surface area contributed by atoms with Crippen molar-refractivity contribution in [3.05, 3.63) is 27.3 Å². The maximum atomic E-state index is 11.4. The maximum Gasteiger partial charge on any atom is 0.147 e. The molecule has 4 heteroatoms. The van der Waals surface area contributed by atoms with E-state index in [2.05, 4.69) is 38.5 Å². The topological polar surface area (TPSA) is 26.3 Å². The molecule has 82 valence electrons. The van der Waals surface area contributed by atoms with E-state index in [-0.39, 0.29) is 5.78 Å². The van der Waals surface area contributed by atoms with Gasteiger partial charge in [0.05, 0.1) is 11.9 Å². The van der Waals surface area contributed by atoms with Gasteiger partial charge in [0.1, 0.15) is 11.5 Å². The van der Waals surface area contributed by atoms with Crippen molar-refractivity contribution in [2.24, 2.45) is 0 Å². The molecule has 2 nitrogen and oxygen atoms in total. The second-order valence-corrected chi connectivity index (χ2v) is 4.72. The van der Waals surface area contributed by atoms with Crippen LogP contribution < -0.4 is 4.74 Å². The molecule has 0 atom stereocenters. The average molecular weight is 383 g/mol. The Bertz CT molecular complexity index is 352. The summed E-state index contributed by atoms with van der Waals surface area (Å²) in [6.07, 6.45) is 0.430. The van der Waals surface area contributed by atoms with E-state index in [4.69, 9.17) is 4.74 Å². The van der Waals surface area contributed by atoms with Gasteiger partial charge in [-0.15, -0.1) is 0 Å². The van der Waals surface area contributed by atoms with Crippen LogP contribution in [-0.2, 0) is 11.2 Å². The fourth-order valence-electron chi connectivity index (χ4n) is 1.25. The van der Waals surface area contributed by atoms with Crippen LogP contribution in [0.5, 0.6) is 5.75 Å². The van der Waals surface area contributed by atoms with Crippen LogP contribution in [0.2, 0.25) is 0 Å². The second kappa shape index (κ2) is 6.48. The Morgan fingerprint density at radius 1 is 1.53 bits per heavy atom. The molecule has 0 saturated heterocycles. The zero-order valence-corrected chi connectivity index (χ0v) is 12.2. The van der Waals surface area contributed by atoms with Crippen LogP contribution in [0.3, 0.4) is 0 Å². The number of halogens is 2. The van der Waals surface area contributed by atoms with E-state index in [1.807, 2.05) is 25.1 Å². The van der Waals surface area contributed by atoms with E-state index in [1.54, 1.807) is 0 Å². The molecule has 0 saturated carbocycles. The molecule has 15 heavy (non-hydrogen) atoms. The lowest BCUT2D eigenvalue weighted by Gasteiger charge is -2.10. The summed E-state index contributed by atoms with van der Waals surface area (Å²) in [5.41, 5.74) is 0.990. The van der Waals surface area contributed by atoms with Gasteiger partial charge in [-0.1, -0.05) is 22.0 Å². The minimum Gasteiger partial charge on any atom is -0.494 e. The molecule has 1 aromatic rings. The predicted octanol–water partition coefficient (Wildman–Crippen LogP) is 3.20. The van der Waals surface area contributed by atoms with Crippen molar-refractivity contribution in [3.8, 4) is 5.75 Å². The molecule has 0 heterocycles. The fraction of sp³-hybridized carbons (Fsp3) is 0.364. The highest BCUT2D eigenvalue weighted by atomic mass is 127. The van der Waals surface area contributed by atoms with Crippen LogP contribution in [0.4, 0.5) is 0 Å². The summed E-state index contributed by atoms with van der Waals surface area (Å²) in [4.78, 5) is 11.4. The molecule has 0 bridgehead atoms. The molecule has 1 rings (SSSR count). The van der Waals surface area contributed by atoms with Gasteiger partial charge in [0, 0.05) is 15.6 Å². The molecule has 0 fully saturated rings. The molecule has 0 unspecified atom stereocenters. The number of ketones is 1. The van der Waals surface area contributed by atoms with Crippen LogP contribution >= 0.6 is 38.5 Å². The molecule has 0 aromatic heterocycles. The monoisotopic (exact) mass is 382 g/mol. The fourth-order valence-corrected chi connectivity index (χ4v) is 2.11. The SMILES string of the molecule is CCOc1cccc(I)c1CC(=O)CBr. The van der Waals surface area contributed by atoms with E-state index in [0.717, 1.165) is 14.9 Å². The third-order valence-electron chi connectivity index (χ3n) is 1.90. The molecule has 0 aliphatic heterocycles. The zero-order chi connectivity index (χ0) is 11.3. The first-order chi connectivity index (χ1) is 7.19. The minimum absolute atomic E-state index is 0.167. The number of ether oxygens (including phenoxy) is 1. The Hall–Kier alpha value is -0.100. The summed E-state index contributed by atoms with van der Waals surface area (Å²) in [6, 6.07) is 5.83. The van der Waals surface area contributed by atoms with E-state index in [9.17, 15) is 4.79 Å². The number of hydrogen-bond acceptors (Lipinski definition) is 2. The van der Waals surface area contributed by atoms with Crippen LogP contribution in [0, 0.1) is 3.57 Å². The normalized spacial score (nSPS) is 10.1. The van der Waals surface area contributed by atoms with Crippen LogP contribution in [0.25, 0.3) is 0 Å². The first-order valence-electron chi connectivity index (χ1n) is 4.66. The lowest BCUT2D eigenvalue weighted by molar-refractivity contribution is -0.115. The van der Waals surface area contributed by atoms with Gasteiger partial charge >= 0.3 is 0 Å². The van der Waals surface area contributed by atoms with E-state index in [1.165, 1.54) is 0 Å². The third-order valence-corrected chi connectivity index (χ3v) is 3.53. The van der Waals surface area contributed by atoms with Gasteiger partial charge in [0.25, 0.3) is 0 Å². The molecule has 0 amide bonds. The van der Waals surface area contributed by atoms with E-state index < -0.39 is 0 Å². The van der Waals surface area contributed by atoms with Crippen LogP contribution in [0.1, 0.15) is 12.5 Å². The Kier molecular flexibility index (Phi) is 5.60. The number of benzene rings is 1. The van der Waals surface area contributed by atoms with Crippen molar-refractivity contribution >= 4 is 44.3 Å². The summed E-state index contributed by atoms with van der Waals surface area (Å²) in [5, 5.41) is 0.392. The molecule has 0 N–H and O–H groups in total. The van der Waals surface area contributed by atoms with Gasteiger partial charge in [-0.2, -0.15) is 0 Å². The molecule has 1 aromatic carbocycles. The highest BCUT2D eigenvalue weighted by molar-refractivity contribution is 14.1. The number of alkyl halides is 1. The average Bonchev–Trinajstić information content (AvgIpc) is 2.23. The summed E-state index contributed by atoms with van der Waals surface area (Å²) in [7, 11) is 0. The third kappa shape index (κ3) is 3.75. The lowest BCUT2D eigenvalue weighted by Crippen LogP contribution is -2.07. The minimum atomic E-state index is 0.167. The van der Waals surface area contributed by atoms with Gasteiger partial charge in [-0.3, -0.25) is 4.79 Å². The maximum absolute atomic E-state index is 11.4. The highest BCUT2D eigenvalue weighted by Gasteiger charge is 2.11. The lowest BCUT2D eigenvalue weighted by atomic mass is 10.1. The summed E-state index contributed by atoms with van der Waals surface area (Å²) >= 11 is 5.40. The van der Waals surface area contributed by atoms with Gasteiger partial charge in [0.15, 0.2) is 0 Å².